The minimum atomic E-state index is -4.06. The molecule has 1 heterocycles. The van der Waals surface area contributed by atoms with Crippen LogP contribution in [0, 0.1) is 11.3 Å². The number of rotatable bonds is 4. The first-order valence-corrected chi connectivity index (χ1v) is 9.11. The zero-order chi connectivity index (χ0) is 18.6. The molecule has 0 spiro atoms. The Bertz CT molecular complexity index is 1020. The summed E-state index contributed by atoms with van der Waals surface area (Å²) in [6.07, 6.45) is 2.44. The lowest BCUT2D eigenvalue weighted by Crippen LogP contribution is -2.29. The van der Waals surface area contributed by atoms with Crippen LogP contribution in [0.15, 0.2) is 53.4 Å². The van der Waals surface area contributed by atoms with Crippen LogP contribution < -0.4 is 14.2 Å². The van der Waals surface area contributed by atoms with E-state index in [1.165, 1.54) is 24.3 Å². The van der Waals surface area contributed by atoms with Crippen molar-refractivity contribution in [3.05, 3.63) is 59.7 Å². The van der Waals surface area contributed by atoms with Crippen molar-refractivity contribution in [1.82, 2.24) is 4.72 Å². The van der Waals surface area contributed by atoms with Crippen LogP contribution in [0.4, 0.5) is 0 Å². The Morgan fingerprint density at radius 2 is 1.85 bits per heavy atom. The Balaban J connectivity index is 1.76. The third-order valence-electron chi connectivity index (χ3n) is 3.55. The van der Waals surface area contributed by atoms with Gasteiger partial charge in [-0.15, -0.1) is 0 Å². The molecule has 0 aromatic heterocycles. The third kappa shape index (κ3) is 3.84. The van der Waals surface area contributed by atoms with Gasteiger partial charge in [0.05, 0.1) is 16.5 Å². The molecule has 0 radical (unpaired) electrons. The van der Waals surface area contributed by atoms with Gasteiger partial charge in [-0.25, -0.2) is 13.1 Å². The van der Waals surface area contributed by atoms with Gasteiger partial charge >= 0.3 is 0 Å². The van der Waals surface area contributed by atoms with Crippen LogP contribution in [-0.2, 0) is 14.8 Å². The number of amides is 1. The number of fused-ring (bicyclic) bond motifs is 1. The molecule has 0 atom stereocenters. The number of nitriles is 1. The largest absolute Gasteiger partial charge is 0.486 e. The maximum Gasteiger partial charge on any atom is 0.264 e. The molecule has 7 nitrogen and oxygen atoms in total. The highest BCUT2D eigenvalue weighted by Gasteiger charge is 2.20. The Labute approximate surface area is 150 Å². The van der Waals surface area contributed by atoms with Crippen molar-refractivity contribution in [3.8, 4) is 17.6 Å². The molecule has 1 amide bonds. The number of carbonyl (C=O) groups excluding carboxylic acids is 1. The summed E-state index contributed by atoms with van der Waals surface area (Å²) < 4.78 is 37.3. The average Bonchev–Trinajstić information content (AvgIpc) is 2.65. The van der Waals surface area contributed by atoms with Crippen molar-refractivity contribution in [3.63, 3.8) is 0 Å². The predicted octanol–water partition coefficient (Wildman–Crippen LogP) is 1.85. The first-order chi connectivity index (χ1) is 12.5. The lowest BCUT2D eigenvalue weighted by molar-refractivity contribution is -0.114. The lowest BCUT2D eigenvalue weighted by Gasteiger charge is -2.18. The zero-order valence-corrected chi connectivity index (χ0v) is 14.3. The highest BCUT2D eigenvalue weighted by Crippen LogP contribution is 2.32. The second-order valence-corrected chi connectivity index (χ2v) is 6.99. The molecule has 2 aromatic rings. The van der Waals surface area contributed by atoms with Crippen LogP contribution in [0.5, 0.6) is 11.5 Å². The van der Waals surface area contributed by atoms with Gasteiger partial charge < -0.3 is 9.47 Å². The van der Waals surface area contributed by atoms with E-state index in [1.54, 1.807) is 24.3 Å². The Morgan fingerprint density at radius 3 is 2.62 bits per heavy atom. The molecule has 0 fully saturated rings. The van der Waals surface area contributed by atoms with Gasteiger partial charge in [0.15, 0.2) is 11.5 Å². The average molecular weight is 370 g/mol. The molecule has 0 saturated carbocycles. The minimum absolute atomic E-state index is 0.110. The Hall–Kier alpha value is -3.31. The molecule has 0 aliphatic carbocycles. The fraction of sp³-hybridized carbons (Fsp3) is 0.111. The summed E-state index contributed by atoms with van der Waals surface area (Å²) in [6.45, 7) is 0.717. The number of sulfonamides is 1. The summed E-state index contributed by atoms with van der Waals surface area (Å²) in [7, 11) is -4.06. The number of nitrogens with zero attached hydrogens (tertiary/aromatic N) is 1. The molecule has 1 N–H and O–H groups in total. The van der Waals surface area contributed by atoms with Gasteiger partial charge in [0.1, 0.15) is 13.2 Å². The second kappa shape index (κ2) is 7.29. The second-order valence-electron chi connectivity index (χ2n) is 5.31. The van der Waals surface area contributed by atoms with E-state index in [0.717, 1.165) is 6.08 Å². The summed E-state index contributed by atoms with van der Waals surface area (Å²) in [5, 5.41) is 9.01. The minimum Gasteiger partial charge on any atom is -0.486 e. The number of hydrogen-bond acceptors (Lipinski definition) is 6. The molecular formula is C18H14N2O5S. The Kier molecular flexibility index (Phi) is 4.91. The topological polar surface area (TPSA) is 105 Å². The van der Waals surface area contributed by atoms with E-state index in [9.17, 15) is 13.2 Å². The van der Waals surface area contributed by atoms with Gasteiger partial charge in [0.2, 0.25) is 0 Å². The quantitative estimate of drug-likeness (QED) is 0.824. The van der Waals surface area contributed by atoms with E-state index in [0.29, 0.717) is 35.8 Å². The van der Waals surface area contributed by atoms with Crippen LogP contribution >= 0.6 is 0 Å². The number of benzene rings is 2. The normalized spacial score (nSPS) is 13.2. The highest BCUT2D eigenvalue weighted by molar-refractivity contribution is 7.90. The van der Waals surface area contributed by atoms with Gasteiger partial charge in [-0.2, -0.15) is 5.26 Å². The SMILES string of the molecule is N#Cc1ccccc1/C=C/C(=O)NS(=O)(=O)c1ccc2c(c1)OCCO2. The first-order valence-electron chi connectivity index (χ1n) is 7.63. The van der Waals surface area contributed by atoms with E-state index >= 15 is 0 Å². The predicted molar refractivity (Wildman–Crippen MR) is 93.0 cm³/mol. The van der Waals surface area contributed by atoms with Crippen LogP contribution in [-0.4, -0.2) is 27.5 Å². The lowest BCUT2D eigenvalue weighted by atomic mass is 10.1. The summed E-state index contributed by atoms with van der Waals surface area (Å²) in [5.41, 5.74) is 0.896. The van der Waals surface area contributed by atoms with Crippen molar-refractivity contribution >= 4 is 22.0 Å². The van der Waals surface area contributed by atoms with Crippen LogP contribution in [0.1, 0.15) is 11.1 Å². The van der Waals surface area contributed by atoms with E-state index < -0.39 is 15.9 Å². The molecule has 26 heavy (non-hydrogen) atoms. The summed E-state index contributed by atoms with van der Waals surface area (Å²) in [5.74, 6) is -0.0628. The molecule has 0 unspecified atom stereocenters. The van der Waals surface area contributed by atoms with E-state index in [4.69, 9.17) is 14.7 Å². The number of hydrogen-bond donors (Lipinski definition) is 1. The van der Waals surface area contributed by atoms with Gasteiger partial charge in [-0.05, 0) is 29.8 Å². The van der Waals surface area contributed by atoms with Gasteiger partial charge in [-0.3, -0.25) is 4.79 Å². The van der Waals surface area contributed by atoms with E-state index in [2.05, 4.69) is 0 Å². The monoisotopic (exact) mass is 370 g/mol. The zero-order valence-electron chi connectivity index (χ0n) is 13.5. The van der Waals surface area contributed by atoms with Crippen LogP contribution in [0.3, 0.4) is 0 Å². The van der Waals surface area contributed by atoms with E-state index in [-0.39, 0.29) is 4.90 Å². The molecule has 2 aromatic carbocycles. The summed E-state index contributed by atoms with van der Waals surface area (Å²) in [4.78, 5) is 11.9. The van der Waals surface area contributed by atoms with Crippen molar-refractivity contribution in [2.45, 2.75) is 4.90 Å². The molecule has 132 valence electrons. The van der Waals surface area contributed by atoms with Gasteiger partial charge in [0, 0.05) is 12.1 Å². The first kappa shape index (κ1) is 17.5. The fourth-order valence-electron chi connectivity index (χ4n) is 2.33. The number of carbonyl (C=O) groups is 1. The molecule has 1 aliphatic rings. The fourth-order valence-corrected chi connectivity index (χ4v) is 3.29. The molecular weight excluding hydrogens is 356 g/mol. The molecule has 0 bridgehead atoms. The molecule has 1 aliphatic heterocycles. The molecule has 0 saturated heterocycles. The highest BCUT2D eigenvalue weighted by atomic mass is 32.2. The van der Waals surface area contributed by atoms with E-state index in [1.807, 2.05) is 10.8 Å². The number of nitrogens with one attached hydrogen (secondary N) is 1. The van der Waals surface area contributed by atoms with Crippen molar-refractivity contribution in [1.29, 1.82) is 5.26 Å². The molecule has 8 heteroatoms. The molecule has 3 rings (SSSR count). The van der Waals surface area contributed by atoms with Gasteiger partial charge in [-0.1, -0.05) is 18.2 Å². The third-order valence-corrected chi connectivity index (χ3v) is 4.90. The maximum absolute atomic E-state index is 12.3. The summed E-state index contributed by atoms with van der Waals surface area (Å²) >= 11 is 0. The van der Waals surface area contributed by atoms with Crippen molar-refractivity contribution < 1.29 is 22.7 Å². The number of ether oxygens (including phenoxy) is 2. The van der Waals surface area contributed by atoms with Gasteiger partial charge in [0.25, 0.3) is 15.9 Å². The van der Waals surface area contributed by atoms with Crippen molar-refractivity contribution in [2.75, 3.05) is 13.2 Å². The Morgan fingerprint density at radius 1 is 1.12 bits per heavy atom. The maximum atomic E-state index is 12.3. The summed E-state index contributed by atoms with van der Waals surface area (Å²) in [6, 6.07) is 12.8. The van der Waals surface area contributed by atoms with Crippen LogP contribution in [0.25, 0.3) is 6.08 Å². The van der Waals surface area contributed by atoms with Crippen LogP contribution in [0.2, 0.25) is 0 Å². The smallest absolute Gasteiger partial charge is 0.264 e. The van der Waals surface area contributed by atoms with Crippen molar-refractivity contribution in [2.24, 2.45) is 0 Å². The standard InChI is InChI=1S/C18H14N2O5S/c19-12-14-4-2-1-3-13(14)5-8-18(21)20-26(22,23)15-6-7-16-17(11-15)25-10-9-24-16/h1-8,11H,9-10H2,(H,20,21)/b8-5+.